The molecule has 0 amide bonds. The molecule has 3 nitrogen and oxygen atoms in total. The van der Waals surface area contributed by atoms with Crippen molar-refractivity contribution in [1.82, 2.24) is 4.98 Å². The predicted molar refractivity (Wildman–Crippen MR) is 111 cm³/mol. The van der Waals surface area contributed by atoms with E-state index in [0.717, 1.165) is 5.56 Å². The number of pyridine rings is 1. The van der Waals surface area contributed by atoms with Crippen molar-refractivity contribution in [3.05, 3.63) is 52.8 Å². The highest BCUT2D eigenvalue weighted by Gasteiger charge is 2.30. The minimum atomic E-state index is -1.76. The fraction of sp³-hybridized carbons (Fsp3) is 0.235. The maximum Gasteiger partial charge on any atom is 0.232 e. The second-order valence-corrected chi connectivity index (χ2v) is 9.67. The monoisotopic (exact) mass is 473 g/mol. The van der Waals surface area contributed by atoms with E-state index in [1.807, 2.05) is 6.07 Å². The molecule has 0 radical (unpaired) electrons. The highest BCUT2D eigenvalue weighted by atomic mass is 35.6. The van der Waals surface area contributed by atoms with Crippen LogP contribution in [0.5, 0.6) is 11.5 Å². The summed E-state index contributed by atoms with van der Waals surface area (Å²) in [5, 5.41) is 0. The van der Waals surface area contributed by atoms with E-state index >= 15 is 0 Å². The highest BCUT2D eigenvalue weighted by Crippen LogP contribution is 2.43. The van der Waals surface area contributed by atoms with Crippen LogP contribution in [-0.4, -0.2) is 19.2 Å². The van der Waals surface area contributed by atoms with Gasteiger partial charge >= 0.3 is 0 Å². The Morgan fingerprint density at radius 3 is 2.08 bits per heavy atom. The van der Waals surface area contributed by atoms with Crippen LogP contribution in [0.2, 0.25) is 0 Å². The van der Waals surface area contributed by atoms with Crippen LogP contribution in [0.25, 0.3) is 12.2 Å². The van der Waals surface area contributed by atoms with Crippen LogP contribution >= 0.6 is 69.6 Å². The van der Waals surface area contributed by atoms with Crippen molar-refractivity contribution in [3.8, 4) is 11.5 Å². The summed E-state index contributed by atoms with van der Waals surface area (Å²) >= 11 is 35.7. The number of halogens is 6. The Balaban J connectivity index is 2.47. The van der Waals surface area contributed by atoms with Crippen molar-refractivity contribution in [3.63, 3.8) is 0 Å². The summed E-state index contributed by atoms with van der Waals surface area (Å²) in [6, 6.07) is 8.44. The molecule has 26 heavy (non-hydrogen) atoms. The van der Waals surface area contributed by atoms with Crippen molar-refractivity contribution < 1.29 is 9.47 Å². The molecular formula is C17H13Cl6NO2. The van der Waals surface area contributed by atoms with Crippen molar-refractivity contribution in [2.75, 3.05) is 14.2 Å². The summed E-state index contributed by atoms with van der Waals surface area (Å²) in [4.78, 5) is 4.30. The highest BCUT2D eigenvalue weighted by molar-refractivity contribution is 6.67. The van der Waals surface area contributed by atoms with Gasteiger partial charge in [-0.05, 0) is 36.4 Å². The number of nitrogens with zero attached hydrogens (tertiary/aromatic N) is 1. The van der Waals surface area contributed by atoms with E-state index < -0.39 is 7.59 Å². The molecule has 0 aliphatic heterocycles. The maximum absolute atomic E-state index is 5.97. The number of aromatic nitrogens is 1. The fourth-order valence-corrected chi connectivity index (χ4v) is 2.70. The Morgan fingerprint density at radius 1 is 0.846 bits per heavy atom. The first kappa shape index (κ1) is 21.7. The van der Waals surface area contributed by atoms with Crippen molar-refractivity contribution >= 4 is 81.8 Å². The third-order valence-electron chi connectivity index (χ3n) is 3.34. The van der Waals surface area contributed by atoms with Crippen molar-refractivity contribution in [2.45, 2.75) is 7.59 Å². The molecule has 1 aromatic carbocycles. The molecule has 1 aromatic heterocycles. The van der Waals surface area contributed by atoms with E-state index in [1.165, 1.54) is 6.07 Å². The van der Waals surface area contributed by atoms with Crippen LogP contribution in [-0.2, 0) is 7.59 Å². The molecule has 0 saturated heterocycles. The topological polar surface area (TPSA) is 31.4 Å². The maximum atomic E-state index is 5.97. The Morgan fingerprint density at radius 2 is 1.54 bits per heavy atom. The van der Waals surface area contributed by atoms with Gasteiger partial charge in [-0.3, -0.25) is 0 Å². The lowest BCUT2D eigenvalue weighted by Gasteiger charge is -2.17. The van der Waals surface area contributed by atoms with Crippen LogP contribution in [0.3, 0.4) is 0 Å². The SMILES string of the molecule is COc1ccc(/C=C/c2cc(C(Cl)(Cl)Cl)cc(C(Cl)(Cl)Cl)n2)c(OC)c1. The first-order valence-electron chi connectivity index (χ1n) is 7.11. The number of rotatable bonds is 4. The Labute approximate surface area is 181 Å². The Bertz CT molecular complexity index is 780. The average Bonchev–Trinajstić information content (AvgIpc) is 2.58. The van der Waals surface area contributed by atoms with Crippen LogP contribution in [0.1, 0.15) is 22.5 Å². The molecule has 140 valence electrons. The molecule has 0 spiro atoms. The second kappa shape index (κ2) is 8.64. The van der Waals surface area contributed by atoms with Gasteiger partial charge in [0.25, 0.3) is 0 Å². The molecule has 0 saturated carbocycles. The fourth-order valence-electron chi connectivity index (χ4n) is 2.08. The third kappa shape index (κ3) is 5.72. The van der Waals surface area contributed by atoms with E-state index in [1.54, 1.807) is 44.6 Å². The van der Waals surface area contributed by atoms with Crippen LogP contribution < -0.4 is 9.47 Å². The zero-order chi connectivity index (χ0) is 19.5. The standard InChI is InChI=1S/C17H13Cl6NO2/c1-25-13-6-4-10(14(9-13)26-2)3-5-12-7-11(16(18,19)20)8-15(24-12)17(21,22)23/h3-9H,1-2H3/b5-3+. The van der Waals surface area contributed by atoms with Gasteiger partial charge in [0.2, 0.25) is 7.59 Å². The first-order chi connectivity index (χ1) is 12.0. The molecule has 0 aliphatic rings. The molecule has 1 heterocycles. The summed E-state index contributed by atoms with van der Waals surface area (Å²) < 4.78 is 7.09. The largest absolute Gasteiger partial charge is 0.497 e. The van der Waals surface area contributed by atoms with Gasteiger partial charge in [0.1, 0.15) is 11.5 Å². The lowest BCUT2D eigenvalue weighted by Crippen LogP contribution is -2.09. The van der Waals surface area contributed by atoms with Gasteiger partial charge in [0.05, 0.1) is 25.6 Å². The third-order valence-corrected chi connectivity index (χ3v) is 4.57. The van der Waals surface area contributed by atoms with E-state index in [-0.39, 0.29) is 5.69 Å². The summed E-state index contributed by atoms with van der Waals surface area (Å²) in [6.45, 7) is 0. The van der Waals surface area contributed by atoms with Crippen molar-refractivity contribution in [2.24, 2.45) is 0 Å². The van der Waals surface area contributed by atoms with Gasteiger partial charge < -0.3 is 9.47 Å². The normalized spacial score (nSPS) is 12.5. The Kier molecular flexibility index (Phi) is 7.23. The zero-order valence-electron chi connectivity index (χ0n) is 13.6. The molecule has 0 unspecified atom stereocenters. The number of ether oxygens (including phenoxy) is 2. The molecule has 0 fully saturated rings. The molecule has 0 N–H and O–H groups in total. The van der Waals surface area contributed by atoms with Gasteiger partial charge in [-0.2, -0.15) is 0 Å². The van der Waals surface area contributed by atoms with Gasteiger partial charge in [0, 0.05) is 17.2 Å². The zero-order valence-corrected chi connectivity index (χ0v) is 18.1. The molecule has 0 atom stereocenters. The summed E-state index contributed by atoms with van der Waals surface area (Å²) in [7, 11) is 3.14. The van der Waals surface area contributed by atoms with Gasteiger partial charge in [-0.1, -0.05) is 69.6 Å². The second-order valence-electron chi connectivity index (χ2n) is 5.10. The lowest BCUT2D eigenvalue weighted by atomic mass is 10.1. The quantitative estimate of drug-likeness (QED) is 0.449. The van der Waals surface area contributed by atoms with E-state index in [9.17, 15) is 0 Å². The van der Waals surface area contributed by atoms with Crippen LogP contribution in [0.4, 0.5) is 0 Å². The van der Waals surface area contributed by atoms with Crippen LogP contribution in [0.15, 0.2) is 30.3 Å². The average molecular weight is 476 g/mol. The van der Waals surface area contributed by atoms with Gasteiger partial charge in [-0.15, -0.1) is 0 Å². The molecule has 2 rings (SSSR count). The number of alkyl halides is 6. The van der Waals surface area contributed by atoms with E-state index in [4.69, 9.17) is 79.1 Å². The number of methoxy groups -OCH3 is 2. The smallest absolute Gasteiger partial charge is 0.232 e. The molecule has 0 aliphatic carbocycles. The summed E-state index contributed by atoms with van der Waals surface area (Å²) in [6.07, 6.45) is 3.48. The molecular weight excluding hydrogens is 463 g/mol. The van der Waals surface area contributed by atoms with E-state index in [0.29, 0.717) is 22.8 Å². The van der Waals surface area contributed by atoms with Gasteiger partial charge in [-0.25, -0.2) is 4.98 Å². The number of benzene rings is 1. The van der Waals surface area contributed by atoms with Crippen LogP contribution in [0, 0.1) is 0 Å². The summed E-state index contributed by atoms with van der Waals surface area (Å²) in [5.41, 5.74) is 1.73. The molecule has 9 heteroatoms. The van der Waals surface area contributed by atoms with Crippen molar-refractivity contribution in [1.29, 1.82) is 0 Å². The number of hydrogen-bond donors (Lipinski definition) is 0. The lowest BCUT2D eigenvalue weighted by molar-refractivity contribution is 0.394. The minimum Gasteiger partial charge on any atom is -0.497 e. The van der Waals surface area contributed by atoms with Gasteiger partial charge in [0.15, 0.2) is 0 Å². The number of hydrogen-bond acceptors (Lipinski definition) is 3. The minimum absolute atomic E-state index is 0.146. The molecule has 2 aromatic rings. The van der Waals surface area contributed by atoms with E-state index in [2.05, 4.69) is 4.98 Å². The Hall–Kier alpha value is -0.550. The predicted octanol–water partition coefficient (Wildman–Crippen LogP) is 6.92. The first-order valence-corrected chi connectivity index (χ1v) is 9.38. The summed E-state index contributed by atoms with van der Waals surface area (Å²) in [5.74, 6) is 1.30. The molecule has 0 bridgehead atoms.